The molecule has 9 heteroatoms. The Morgan fingerprint density at radius 1 is 0.969 bits per heavy atom. The molecule has 0 aromatic heterocycles. The minimum absolute atomic E-state index is 0.105. The summed E-state index contributed by atoms with van der Waals surface area (Å²) in [6.45, 7) is 0.370. The van der Waals surface area contributed by atoms with Gasteiger partial charge < -0.3 is 0 Å². The van der Waals surface area contributed by atoms with Crippen molar-refractivity contribution in [3.05, 3.63) is 102 Å². The summed E-state index contributed by atoms with van der Waals surface area (Å²) in [7, 11) is -4.06. The number of hydrazone groups is 1. The third-order valence-electron chi connectivity index (χ3n) is 4.97. The summed E-state index contributed by atoms with van der Waals surface area (Å²) in [6, 6.07) is 20.2. The molecule has 0 spiro atoms. The smallest absolute Gasteiger partial charge is 0.240 e. The van der Waals surface area contributed by atoms with E-state index in [1.165, 1.54) is 24.3 Å². The van der Waals surface area contributed by atoms with Crippen LogP contribution in [0.4, 0.5) is 8.78 Å². The highest BCUT2D eigenvalue weighted by molar-refractivity contribution is 8.13. The largest absolute Gasteiger partial charge is 0.284 e. The molecule has 1 atom stereocenters. The highest BCUT2D eigenvalue weighted by Gasteiger charge is 2.32. The van der Waals surface area contributed by atoms with Crippen LogP contribution in [0.3, 0.4) is 0 Å². The highest BCUT2D eigenvalue weighted by atomic mass is 32.2. The molecule has 3 aromatic rings. The second kappa shape index (κ2) is 9.22. The third-order valence-corrected chi connectivity index (χ3v) is 7.03. The van der Waals surface area contributed by atoms with Crippen LogP contribution in [0.1, 0.15) is 17.0 Å². The zero-order valence-electron chi connectivity index (χ0n) is 17.0. The van der Waals surface area contributed by atoms with Gasteiger partial charge >= 0.3 is 0 Å². The van der Waals surface area contributed by atoms with Crippen LogP contribution in [0.5, 0.6) is 0 Å². The topological polar surface area (TPSA) is 62.1 Å². The van der Waals surface area contributed by atoms with E-state index in [0.717, 1.165) is 35.0 Å². The summed E-state index contributed by atoms with van der Waals surface area (Å²) in [5.74, 6) is -1.04. The van der Waals surface area contributed by atoms with E-state index >= 15 is 0 Å². The van der Waals surface area contributed by atoms with Crippen molar-refractivity contribution in [1.82, 2.24) is 5.01 Å². The monoisotopic (exact) mass is 471 g/mol. The molecule has 1 heterocycles. The first-order valence-corrected chi connectivity index (χ1v) is 12.4. The molecule has 4 rings (SSSR count). The second-order valence-electron chi connectivity index (χ2n) is 7.04. The van der Waals surface area contributed by atoms with Gasteiger partial charge in [-0.15, -0.1) is 4.40 Å². The van der Waals surface area contributed by atoms with Gasteiger partial charge in [0, 0.05) is 5.92 Å². The van der Waals surface area contributed by atoms with E-state index in [1.54, 1.807) is 23.4 Å². The van der Waals surface area contributed by atoms with Crippen molar-refractivity contribution in [2.45, 2.75) is 10.8 Å². The van der Waals surface area contributed by atoms with Gasteiger partial charge in [-0.3, -0.25) is 0 Å². The summed E-state index contributed by atoms with van der Waals surface area (Å²) >= 11 is 1.14. The second-order valence-corrected chi connectivity index (χ2v) is 9.42. The van der Waals surface area contributed by atoms with Crippen molar-refractivity contribution in [3.8, 4) is 0 Å². The molecule has 32 heavy (non-hydrogen) atoms. The van der Waals surface area contributed by atoms with Gasteiger partial charge in [0.15, 0.2) is 5.17 Å². The van der Waals surface area contributed by atoms with Crippen LogP contribution < -0.4 is 0 Å². The Kier molecular flexibility index (Phi) is 6.38. The lowest BCUT2D eigenvalue weighted by molar-refractivity contribution is 0.484. The molecular weight excluding hydrogens is 452 g/mol. The van der Waals surface area contributed by atoms with E-state index in [4.69, 9.17) is 0 Å². The van der Waals surface area contributed by atoms with Crippen molar-refractivity contribution in [1.29, 1.82) is 0 Å². The quantitative estimate of drug-likeness (QED) is 0.402. The molecule has 0 N–H and O–H groups in total. The van der Waals surface area contributed by atoms with Crippen LogP contribution in [0, 0.1) is 11.6 Å². The van der Waals surface area contributed by atoms with Crippen molar-refractivity contribution >= 4 is 32.7 Å². The molecule has 0 fully saturated rings. The molecule has 0 saturated carbocycles. The summed E-state index contributed by atoms with van der Waals surface area (Å²) in [4.78, 5) is -0.105. The van der Waals surface area contributed by atoms with E-state index in [1.807, 2.05) is 30.3 Å². The van der Waals surface area contributed by atoms with E-state index in [9.17, 15) is 17.2 Å². The van der Waals surface area contributed by atoms with Crippen LogP contribution in [-0.4, -0.2) is 37.1 Å². The molecule has 1 aliphatic heterocycles. The van der Waals surface area contributed by atoms with Gasteiger partial charge in [-0.25, -0.2) is 13.8 Å². The molecule has 5 nitrogen and oxygen atoms in total. The average Bonchev–Trinajstić information content (AvgIpc) is 3.24. The Bertz CT molecular complexity index is 1260. The standard InChI is InChI=1S/C23H19F2N3O2S2/c1-31-23(27-32(29,30)20-13-11-19(25)12-14-20)28-15-21(16-5-3-2-4-6-16)22(26-28)17-7-9-18(24)10-8-17/h2-14,21H,15H2,1H3/b27-23-. The van der Waals surface area contributed by atoms with Gasteiger partial charge in [0.05, 0.1) is 17.2 Å². The van der Waals surface area contributed by atoms with Crippen LogP contribution in [0.25, 0.3) is 0 Å². The van der Waals surface area contributed by atoms with E-state index < -0.39 is 15.8 Å². The molecular formula is C23H19F2N3O2S2. The summed E-state index contributed by atoms with van der Waals surface area (Å²) in [5, 5.41) is 6.39. The molecule has 0 aliphatic carbocycles. The fraction of sp³-hybridized carbons (Fsp3) is 0.130. The third kappa shape index (κ3) is 4.73. The fourth-order valence-electron chi connectivity index (χ4n) is 3.40. The Balaban J connectivity index is 1.73. The predicted octanol–water partition coefficient (Wildman–Crippen LogP) is 4.88. The lowest BCUT2D eigenvalue weighted by Crippen LogP contribution is -2.24. The fourth-order valence-corrected chi connectivity index (χ4v) is 5.20. The Hall–Kier alpha value is -3.04. The zero-order chi connectivity index (χ0) is 22.7. The Morgan fingerprint density at radius 3 is 2.16 bits per heavy atom. The first-order valence-electron chi connectivity index (χ1n) is 9.69. The lowest BCUT2D eigenvalue weighted by Gasteiger charge is -2.17. The van der Waals surface area contributed by atoms with Gasteiger partial charge in [-0.05, 0) is 53.8 Å². The maximum atomic E-state index is 13.5. The predicted molar refractivity (Wildman–Crippen MR) is 123 cm³/mol. The van der Waals surface area contributed by atoms with E-state index in [2.05, 4.69) is 9.50 Å². The first kappa shape index (κ1) is 22.2. The summed E-state index contributed by atoms with van der Waals surface area (Å²) in [5.41, 5.74) is 2.43. The molecule has 1 unspecified atom stereocenters. The molecule has 3 aromatic carbocycles. The number of thioether (sulfide) groups is 1. The number of amidine groups is 1. The molecule has 1 aliphatic rings. The minimum atomic E-state index is -4.06. The van der Waals surface area contributed by atoms with E-state index in [-0.39, 0.29) is 21.8 Å². The Labute approximate surface area is 189 Å². The number of benzene rings is 3. The molecule has 0 amide bonds. The van der Waals surface area contributed by atoms with Gasteiger partial charge in [-0.1, -0.05) is 54.2 Å². The Morgan fingerprint density at radius 2 is 1.56 bits per heavy atom. The number of hydrogen-bond donors (Lipinski definition) is 0. The SMILES string of the molecule is CS/C(=N\S(=O)(=O)c1ccc(F)cc1)N1CC(c2ccccc2)C(c2ccc(F)cc2)=N1. The van der Waals surface area contributed by atoms with Gasteiger partial charge in [-0.2, -0.15) is 13.5 Å². The maximum Gasteiger partial charge on any atom is 0.284 e. The zero-order valence-corrected chi connectivity index (χ0v) is 18.7. The van der Waals surface area contributed by atoms with Gasteiger partial charge in [0.2, 0.25) is 0 Å². The van der Waals surface area contributed by atoms with Gasteiger partial charge in [0.1, 0.15) is 11.6 Å². The van der Waals surface area contributed by atoms with Crippen LogP contribution in [0.15, 0.2) is 93.3 Å². The van der Waals surface area contributed by atoms with Crippen LogP contribution in [-0.2, 0) is 10.0 Å². The minimum Gasteiger partial charge on any atom is -0.240 e. The maximum absolute atomic E-state index is 13.5. The number of nitrogens with zero attached hydrogens (tertiary/aromatic N) is 3. The lowest BCUT2D eigenvalue weighted by atomic mass is 9.91. The summed E-state index contributed by atoms with van der Waals surface area (Å²) < 4.78 is 56.2. The van der Waals surface area contributed by atoms with Crippen molar-refractivity contribution < 1.29 is 17.2 Å². The first-order chi connectivity index (χ1) is 15.4. The number of halogens is 2. The molecule has 164 valence electrons. The van der Waals surface area contributed by atoms with Crippen LogP contribution in [0.2, 0.25) is 0 Å². The summed E-state index contributed by atoms with van der Waals surface area (Å²) in [6.07, 6.45) is 1.71. The average molecular weight is 472 g/mol. The van der Waals surface area contributed by atoms with Crippen LogP contribution >= 0.6 is 11.8 Å². The highest BCUT2D eigenvalue weighted by Crippen LogP contribution is 2.31. The van der Waals surface area contributed by atoms with Gasteiger partial charge in [0.25, 0.3) is 10.0 Å². The van der Waals surface area contributed by atoms with Crippen molar-refractivity contribution in [2.75, 3.05) is 12.8 Å². The number of sulfonamides is 1. The molecule has 0 radical (unpaired) electrons. The molecule has 0 bridgehead atoms. The number of rotatable bonds is 4. The number of hydrogen-bond acceptors (Lipinski definition) is 4. The van der Waals surface area contributed by atoms with Crippen molar-refractivity contribution in [2.24, 2.45) is 9.50 Å². The van der Waals surface area contributed by atoms with E-state index in [0.29, 0.717) is 12.3 Å². The normalized spacial score (nSPS) is 16.8. The molecule has 0 saturated heterocycles. The van der Waals surface area contributed by atoms with Crippen molar-refractivity contribution in [3.63, 3.8) is 0 Å².